The molecule has 0 aromatic heterocycles. The largest absolute Gasteiger partial charge is 0.474 e. The van der Waals surface area contributed by atoms with Gasteiger partial charge in [-0.3, -0.25) is 4.57 Å². The van der Waals surface area contributed by atoms with Gasteiger partial charge in [0, 0.05) is 16.9 Å². The van der Waals surface area contributed by atoms with E-state index in [-0.39, 0.29) is 5.82 Å². The van der Waals surface area contributed by atoms with Crippen molar-refractivity contribution >= 4 is 13.1 Å². The molecular formula is C17H16FO3P. The van der Waals surface area contributed by atoms with Crippen LogP contribution < -0.4 is 0 Å². The third-order valence-corrected chi connectivity index (χ3v) is 5.72. The third kappa shape index (κ3) is 2.85. The second-order valence-electron chi connectivity index (χ2n) is 4.94. The molecule has 0 saturated carbocycles. The number of rotatable bonds is 4. The van der Waals surface area contributed by atoms with Gasteiger partial charge in [-0.15, -0.1) is 0 Å². The minimum atomic E-state index is -3.15. The van der Waals surface area contributed by atoms with E-state index in [0.717, 1.165) is 5.56 Å². The van der Waals surface area contributed by atoms with E-state index in [1.807, 2.05) is 30.3 Å². The van der Waals surface area contributed by atoms with Crippen molar-refractivity contribution in [2.45, 2.75) is 12.8 Å². The summed E-state index contributed by atoms with van der Waals surface area (Å²) in [6.45, 7) is 2.10. The van der Waals surface area contributed by atoms with Crippen LogP contribution in [0.25, 0.3) is 5.76 Å². The minimum Gasteiger partial charge on any atom is -0.474 e. The van der Waals surface area contributed by atoms with E-state index < -0.39 is 13.2 Å². The van der Waals surface area contributed by atoms with E-state index in [9.17, 15) is 8.96 Å². The Kier molecular flexibility index (Phi) is 4.14. The highest BCUT2D eigenvalue weighted by Crippen LogP contribution is 2.68. The van der Waals surface area contributed by atoms with Gasteiger partial charge in [0.25, 0.3) is 7.37 Å². The van der Waals surface area contributed by atoms with Crippen LogP contribution in [0.3, 0.4) is 0 Å². The van der Waals surface area contributed by atoms with Crippen LogP contribution in [0.5, 0.6) is 0 Å². The van der Waals surface area contributed by atoms with Crippen molar-refractivity contribution in [2.75, 3.05) is 6.61 Å². The Bertz CT molecular complexity index is 725. The van der Waals surface area contributed by atoms with Crippen LogP contribution in [0.15, 0.2) is 60.4 Å². The third-order valence-electron chi connectivity index (χ3n) is 3.41. The predicted molar refractivity (Wildman–Crippen MR) is 83.9 cm³/mol. The van der Waals surface area contributed by atoms with E-state index >= 15 is 0 Å². The van der Waals surface area contributed by atoms with Crippen molar-refractivity contribution < 1.29 is 18.2 Å². The first-order chi connectivity index (χ1) is 10.6. The van der Waals surface area contributed by atoms with Crippen LogP contribution in [-0.4, -0.2) is 6.61 Å². The average molecular weight is 318 g/mol. The van der Waals surface area contributed by atoms with Gasteiger partial charge in [0.1, 0.15) is 11.6 Å². The molecule has 3 rings (SSSR count). The van der Waals surface area contributed by atoms with E-state index in [1.54, 1.807) is 24.9 Å². The lowest BCUT2D eigenvalue weighted by molar-refractivity contribution is 0.221. The lowest BCUT2D eigenvalue weighted by Gasteiger charge is -2.19. The van der Waals surface area contributed by atoms with Gasteiger partial charge in [0.15, 0.2) is 0 Å². The van der Waals surface area contributed by atoms with Crippen molar-refractivity contribution in [1.29, 1.82) is 0 Å². The Labute approximate surface area is 128 Å². The maximum atomic E-state index is 13.1. The fourth-order valence-corrected chi connectivity index (χ4v) is 4.54. The van der Waals surface area contributed by atoms with E-state index in [0.29, 0.717) is 17.9 Å². The van der Waals surface area contributed by atoms with Gasteiger partial charge < -0.3 is 9.26 Å². The summed E-state index contributed by atoms with van der Waals surface area (Å²) >= 11 is 0. The zero-order chi connectivity index (χ0) is 15.6. The molecule has 2 aromatic rings. The van der Waals surface area contributed by atoms with Crippen molar-refractivity contribution in [3.63, 3.8) is 0 Å². The second-order valence-corrected chi connectivity index (χ2v) is 7.22. The fraction of sp³-hybridized carbons (Fsp3) is 0.176. The molecule has 2 atom stereocenters. The molecule has 2 aromatic carbocycles. The Morgan fingerprint density at radius 1 is 1.14 bits per heavy atom. The van der Waals surface area contributed by atoms with Crippen LogP contribution in [0.1, 0.15) is 23.9 Å². The molecule has 0 bridgehead atoms. The normalized spacial score (nSPS) is 23.9. The first-order valence-electron chi connectivity index (χ1n) is 7.07. The highest BCUT2D eigenvalue weighted by atomic mass is 31.2. The quantitative estimate of drug-likeness (QED) is 0.730. The lowest BCUT2D eigenvalue weighted by Crippen LogP contribution is -2.01. The highest BCUT2D eigenvalue weighted by Gasteiger charge is 2.42. The number of benzene rings is 2. The Morgan fingerprint density at radius 2 is 1.82 bits per heavy atom. The second kappa shape index (κ2) is 6.07. The number of halogens is 1. The first kappa shape index (κ1) is 15.0. The van der Waals surface area contributed by atoms with Gasteiger partial charge >= 0.3 is 0 Å². The molecular weight excluding hydrogens is 302 g/mol. The standard InChI is InChI=1S/C17H16FO3P/c1-2-20-22(19)12-16(13-6-4-3-5-7-13)21-17(22)14-8-10-15(18)11-9-14/h3-12,17H,2H2,1H3/t17-,22-/m1/s1. The molecule has 114 valence electrons. The smallest absolute Gasteiger partial charge is 0.272 e. The van der Waals surface area contributed by atoms with Crippen LogP contribution >= 0.6 is 7.37 Å². The summed E-state index contributed by atoms with van der Waals surface area (Å²) in [6.07, 6.45) is 0. The van der Waals surface area contributed by atoms with E-state index in [2.05, 4.69) is 0 Å². The summed E-state index contributed by atoms with van der Waals surface area (Å²) in [5.74, 6) is 1.03. The molecule has 0 radical (unpaired) electrons. The summed E-state index contributed by atoms with van der Waals surface area (Å²) in [4.78, 5) is 0. The first-order valence-corrected chi connectivity index (χ1v) is 8.83. The summed E-state index contributed by atoms with van der Waals surface area (Å²) in [6, 6.07) is 15.3. The maximum Gasteiger partial charge on any atom is 0.272 e. The molecule has 0 saturated heterocycles. The highest BCUT2D eigenvalue weighted by molar-refractivity contribution is 7.63. The average Bonchev–Trinajstić information content (AvgIpc) is 2.87. The van der Waals surface area contributed by atoms with Crippen molar-refractivity contribution in [2.24, 2.45) is 0 Å². The molecule has 0 amide bonds. The SMILES string of the molecule is CCO[P@]1(=O)C=C(c2ccccc2)O[C@H]1c1ccc(F)cc1. The number of hydrogen-bond acceptors (Lipinski definition) is 3. The van der Waals surface area contributed by atoms with Crippen molar-refractivity contribution in [3.8, 4) is 0 Å². The Balaban J connectivity index is 1.98. The van der Waals surface area contributed by atoms with E-state index in [4.69, 9.17) is 9.26 Å². The molecule has 5 heteroatoms. The summed E-state index contributed by atoms with van der Waals surface area (Å²) in [5, 5.41) is 0. The predicted octanol–water partition coefficient (Wildman–Crippen LogP) is 5.17. The van der Waals surface area contributed by atoms with E-state index in [1.165, 1.54) is 12.1 Å². The summed E-state index contributed by atoms with van der Waals surface area (Å²) in [7, 11) is -3.15. The van der Waals surface area contributed by atoms with Crippen LogP contribution in [-0.2, 0) is 13.8 Å². The van der Waals surface area contributed by atoms with Crippen LogP contribution in [0, 0.1) is 5.82 Å². The Hall–Kier alpha value is -1.90. The van der Waals surface area contributed by atoms with Gasteiger partial charge in [-0.25, -0.2) is 4.39 Å². The monoisotopic (exact) mass is 318 g/mol. The topological polar surface area (TPSA) is 35.5 Å². The van der Waals surface area contributed by atoms with Gasteiger partial charge in [-0.05, 0) is 19.1 Å². The van der Waals surface area contributed by atoms with Crippen LogP contribution in [0.4, 0.5) is 4.39 Å². The molecule has 3 nitrogen and oxygen atoms in total. The molecule has 22 heavy (non-hydrogen) atoms. The van der Waals surface area contributed by atoms with Crippen molar-refractivity contribution in [1.82, 2.24) is 0 Å². The van der Waals surface area contributed by atoms with Crippen LogP contribution in [0.2, 0.25) is 0 Å². The summed E-state index contributed by atoms with van der Waals surface area (Å²) < 4.78 is 37.6. The molecule has 1 aliphatic rings. The van der Waals surface area contributed by atoms with Gasteiger partial charge in [0.2, 0.25) is 5.85 Å². The zero-order valence-corrected chi connectivity index (χ0v) is 13.0. The molecule has 1 aliphatic heterocycles. The fourth-order valence-electron chi connectivity index (χ4n) is 2.41. The molecule has 0 N–H and O–H groups in total. The molecule has 0 unspecified atom stereocenters. The molecule has 0 aliphatic carbocycles. The van der Waals surface area contributed by atoms with Gasteiger partial charge in [-0.1, -0.05) is 42.5 Å². The number of hydrogen-bond donors (Lipinski definition) is 0. The Morgan fingerprint density at radius 3 is 2.45 bits per heavy atom. The molecule has 0 spiro atoms. The molecule has 0 fully saturated rings. The minimum absolute atomic E-state index is 0.316. The van der Waals surface area contributed by atoms with Gasteiger partial charge in [-0.2, -0.15) is 0 Å². The lowest BCUT2D eigenvalue weighted by atomic mass is 10.2. The maximum absolute atomic E-state index is 13.1. The van der Waals surface area contributed by atoms with Gasteiger partial charge in [0.05, 0.1) is 6.61 Å². The summed E-state index contributed by atoms with van der Waals surface area (Å²) in [5.41, 5.74) is 1.48. The zero-order valence-electron chi connectivity index (χ0n) is 12.1. The number of ether oxygens (including phenoxy) is 1. The molecule has 1 heterocycles. The van der Waals surface area contributed by atoms with Crippen molar-refractivity contribution in [3.05, 3.63) is 77.4 Å².